The fourth-order valence-electron chi connectivity index (χ4n) is 3.59. The Balaban J connectivity index is 1.30. The van der Waals surface area contributed by atoms with Crippen LogP contribution in [0.4, 0.5) is 19.0 Å². The Labute approximate surface area is 199 Å². The summed E-state index contributed by atoms with van der Waals surface area (Å²) in [5, 5.41) is 3.88. The number of anilines is 1. The number of carbonyl (C=O) groups excluding carboxylic acids is 1. The Hall–Kier alpha value is -3.08. The number of halogens is 3. The number of carbonyl (C=O) groups is 1. The van der Waals surface area contributed by atoms with Crippen molar-refractivity contribution in [3.63, 3.8) is 0 Å². The lowest BCUT2D eigenvalue weighted by atomic mass is 10.1. The lowest BCUT2D eigenvalue weighted by Gasteiger charge is -2.35. The summed E-state index contributed by atoms with van der Waals surface area (Å²) in [4.78, 5) is 25.5. The van der Waals surface area contributed by atoms with Gasteiger partial charge in [0.05, 0.1) is 6.42 Å². The molecule has 1 fully saturated rings. The van der Waals surface area contributed by atoms with Crippen LogP contribution in [0.25, 0.3) is 11.4 Å². The van der Waals surface area contributed by atoms with E-state index < -0.39 is 12.1 Å². The van der Waals surface area contributed by atoms with Gasteiger partial charge in [-0.05, 0) is 29.8 Å². The molecule has 2 aromatic heterocycles. The van der Waals surface area contributed by atoms with Crippen molar-refractivity contribution in [1.82, 2.24) is 20.0 Å². The molecule has 0 radical (unpaired) electrons. The van der Waals surface area contributed by atoms with E-state index in [9.17, 15) is 18.0 Å². The van der Waals surface area contributed by atoms with Gasteiger partial charge in [0.2, 0.25) is 11.7 Å². The van der Waals surface area contributed by atoms with Crippen LogP contribution in [0.15, 0.2) is 52.0 Å². The fourth-order valence-corrected chi connectivity index (χ4v) is 4.43. The van der Waals surface area contributed by atoms with Crippen LogP contribution < -0.4 is 4.90 Å². The van der Waals surface area contributed by atoms with Crippen LogP contribution >= 0.6 is 11.8 Å². The summed E-state index contributed by atoms with van der Waals surface area (Å²) in [7, 11) is 0. The van der Waals surface area contributed by atoms with Gasteiger partial charge in [0, 0.05) is 48.1 Å². The summed E-state index contributed by atoms with van der Waals surface area (Å²) in [5.74, 6) is -0.797. The van der Waals surface area contributed by atoms with Crippen molar-refractivity contribution in [2.75, 3.05) is 31.1 Å². The Morgan fingerprint density at radius 2 is 1.79 bits per heavy atom. The van der Waals surface area contributed by atoms with Gasteiger partial charge in [-0.2, -0.15) is 18.2 Å². The second-order valence-corrected chi connectivity index (χ2v) is 9.83. The van der Waals surface area contributed by atoms with E-state index in [1.54, 1.807) is 23.9 Å². The Bertz CT molecular complexity index is 1110. The number of pyridine rings is 1. The van der Waals surface area contributed by atoms with Gasteiger partial charge >= 0.3 is 12.1 Å². The number of thioether (sulfide) groups is 1. The molecule has 0 N–H and O–H groups in total. The number of hydrogen-bond acceptors (Lipinski definition) is 7. The predicted octanol–water partition coefficient (Wildman–Crippen LogP) is 4.54. The Morgan fingerprint density at radius 1 is 1.09 bits per heavy atom. The summed E-state index contributed by atoms with van der Waals surface area (Å²) in [6.45, 7) is 6.66. The van der Waals surface area contributed by atoms with E-state index in [2.05, 4.69) is 45.6 Å². The largest absolute Gasteiger partial charge is 0.471 e. The highest BCUT2D eigenvalue weighted by atomic mass is 32.2. The van der Waals surface area contributed by atoms with Crippen LogP contribution in [0.5, 0.6) is 0 Å². The van der Waals surface area contributed by atoms with Crippen LogP contribution in [-0.2, 0) is 17.4 Å². The van der Waals surface area contributed by atoms with Crippen molar-refractivity contribution in [2.24, 2.45) is 0 Å². The first kappa shape index (κ1) is 24.1. The van der Waals surface area contributed by atoms with Crippen molar-refractivity contribution in [3.05, 3.63) is 54.0 Å². The molecular formula is C23H24F3N5O2S. The summed E-state index contributed by atoms with van der Waals surface area (Å²) in [6, 6.07) is 11.4. The third kappa shape index (κ3) is 5.88. The van der Waals surface area contributed by atoms with Crippen LogP contribution in [0.3, 0.4) is 0 Å². The van der Waals surface area contributed by atoms with E-state index in [0.717, 1.165) is 5.56 Å². The number of piperazine rings is 1. The third-order valence-corrected chi connectivity index (χ3v) is 6.30. The van der Waals surface area contributed by atoms with Crippen molar-refractivity contribution < 1.29 is 22.5 Å². The lowest BCUT2D eigenvalue weighted by Crippen LogP contribution is -2.49. The molecule has 1 aliphatic rings. The first-order valence-corrected chi connectivity index (χ1v) is 11.7. The number of nitrogens with zero attached hydrogens (tertiary/aromatic N) is 5. The maximum absolute atomic E-state index is 12.7. The van der Waals surface area contributed by atoms with E-state index in [0.29, 0.717) is 49.2 Å². The summed E-state index contributed by atoms with van der Waals surface area (Å²) >= 11 is 1.79. The van der Waals surface area contributed by atoms with Crippen molar-refractivity contribution in [1.29, 1.82) is 0 Å². The number of rotatable bonds is 6. The second-order valence-electron chi connectivity index (χ2n) is 8.18. The standard InChI is InChI=1S/C23H24F3N5O2S/c1-15(2)34-18-6-3-16(4-7-18)13-20(32)31-11-9-30(10-12-31)19-8-5-17(14-27-19)21-28-22(33-29-21)23(24,25)26/h3-8,14-15H,9-13H2,1-2H3. The average Bonchev–Trinajstić information content (AvgIpc) is 3.31. The molecule has 0 aliphatic carbocycles. The van der Waals surface area contributed by atoms with E-state index >= 15 is 0 Å². The normalized spacial score (nSPS) is 14.6. The quantitative estimate of drug-likeness (QED) is 0.469. The molecule has 1 aromatic carbocycles. The SMILES string of the molecule is CC(C)Sc1ccc(CC(=O)N2CCN(c3ccc(-c4noc(C(F)(F)F)n4)cn3)CC2)cc1. The number of aromatic nitrogens is 3. The Kier molecular flexibility index (Phi) is 7.11. The van der Waals surface area contributed by atoms with Gasteiger partial charge in [-0.15, -0.1) is 11.8 Å². The van der Waals surface area contributed by atoms with Crippen molar-refractivity contribution in [3.8, 4) is 11.4 Å². The van der Waals surface area contributed by atoms with Crippen molar-refractivity contribution in [2.45, 2.75) is 36.6 Å². The molecule has 7 nitrogen and oxygen atoms in total. The van der Waals surface area contributed by atoms with Crippen LogP contribution in [0.1, 0.15) is 25.3 Å². The molecule has 0 unspecified atom stereocenters. The van der Waals surface area contributed by atoms with Crippen LogP contribution in [0, 0.1) is 0 Å². The molecule has 0 saturated carbocycles. The van der Waals surface area contributed by atoms with Gasteiger partial charge in [-0.3, -0.25) is 4.79 Å². The van der Waals surface area contributed by atoms with E-state index in [4.69, 9.17) is 0 Å². The maximum atomic E-state index is 12.7. The molecule has 4 rings (SSSR count). The Morgan fingerprint density at radius 3 is 2.35 bits per heavy atom. The maximum Gasteiger partial charge on any atom is 0.471 e. The molecule has 3 aromatic rings. The lowest BCUT2D eigenvalue weighted by molar-refractivity contribution is -0.159. The number of hydrogen-bond donors (Lipinski definition) is 0. The van der Waals surface area contributed by atoms with E-state index in [1.807, 2.05) is 21.9 Å². The predicted molar refractivity (Wildman–Crippen MR) is 122 cm³/mol. The minimum atomic E-state index is -4.69. The smallest absolute Gasteiger partial charge is 0.353 e. The zero-order chi connectivity index (χ0) is 24.3. The minimum Gasteiger partial charge on any atom is -0.353 e. The summed E-state index contributed by atoms with van der Waals surface area (Å²) in [6.07, 6.45) is -2.91. The summed E-state index contributed by atoms with van der Waals surface area (Å²) in [5.41, 5.74) is 1.32. The first-order valence-electron chi connectivity index (χ1n) is 10.8. The molecule has 1 amide bonds. The molecule has 0 spiro atoms. The van der Waals surface area contributed by atoms with Gasteiger partial charge in [0.25, 0.3) is 0 Å². The molecule has 3 heterocycles. The third-order valence-electron chi connectivity index (χ3n) is 5.28. The number of amides is 1. The number of benzene rings is 1. The molecule has 180 valence electrons. The summed E-state index contributed by atoms with van der Waals surface area (Å²) < 4.78 is 42.2. The fraction of sp³-hybridized carbons (Fsp3) is 0.391. The van der Waals surface area contributed by atoms with Crippen molar-refractivity contribution >= 4 is 23.5 Å². The zero-order valence-corrected chi connectivity index (χ0v) is 19.6. The molecule has 1 aliphatic heterocycles. The van der Waals surface area contributed by atoms with Gasteiger partial charge in [0.15, 0.2) is 0 Å². The van der Waals surface area contributed by atoms with Gasteiger partial charge in [-0.1, -0.05) is 31.1 Å². The zero-order valence-electron chi connectivity index (χ0n) is 18.7. The highest BCUT2D eigenvalue weighted by Crippen LogP contribution is 2.29. The van der Waals surface area contributed by atoms with Gasteiger partial charge < -0.3 is 14.3 Å². The average molecular weight is 492 g/mol. The van der Waals surface area contributed by atoms with Crippen LogP contribution in [-0.4, -0.2) is 57.4 Å². The highest BCUT2D eigenvalue weighted by molar-refractivity contribution is 7.99. The first-order chi connectivity index (χ1) is 16.2. The molecule has 0 bridgehead atoms. The molecule has 11 heteroatoms. The molecule has 34 heavy (non-hydrogen) atoms. The highest BCUT2D eigenvalue weighted by Gasteiger charge is 2.38. The van der Waals surface area contributed by atoms with E-state index in [-0.39, 0.29) is 11.7 Å². The second kappa shape index (κ2) is 10.0. The molecule has 0 atom stereocenters. The monoisotopic (exact) mass is 491 g/mol. The number of alkyl halides is 3. The molecule has 1 saturated heterocycles. The topological polar surface area (TPSA) is 75.4 Å². The van der Waals surface area contributed by atoms with E-state index in [1.165, 1.54) is 11.1 Å². The van der Waals surface area contributed by atoms with Crippen LogP contribution in [0.2, 0.25) is 0 Å². The van der Waals surface area contributed by atoms with Gasteiger partial charge in [-0.25, -0.2) is 4.98 Å². The minimum absolute atomic E-state index is 0.0878. The molecular weight excluding hydrogens is 467 g/mol. The van der Waals surface area contributed by atoms with Gasteiger partial charge in [0.1, 0.15) is 5.82 Å².